The van der Waals surface area contributed by atoms with Gasteiger partial charge in [0.15, 0.2) is 0 Å². The van der Waals surface area contributed by atoms with E-state index >= 15 is 4.39 Å². The van der Waals surface area contributed by atoms with Crippen molar-refractivity contribution in [3.05, 3.63) is 129 Å². The number of allylic oxidation sites excluding steroid dienone is 1. The third-order valence-corrected chi connectivity index (χ3v) is 6.62. The number of fused-ring (bicyclic) bond motifs is 1. The first-order valence-corrected chi connectivity index (χ1v) is 11.9. The van der Waals surface area contributed by atoms with E-state index in [9.17, 15) is 13.2 Å². The molecule has 4 aromatic rings. The van der Waals surface area contributed by atoms with E-state index in [4.69, 9.17) is 11.6 Å². The van der Waals surface area contributed by atoms with Crippen LogP contribution in [0.4, 0.5) is 17.6 Å². The Bertz CT molecular complexity index is 1350. The van der Waals surface area contributed by atoms with Crippen molar-refractivity contribution in [2.24, 2.45) is 0 Å². The molecule has 4 aromatic carbocycles. The fourth-order valence-electron chi connectivity index (χ4n) is 4.26. The molecule has 0 radical (unpaired) electrons. The molecule has 0 spiro atoms. The summed E-state index contributed by atoms with van der Waals surface area (Å²) in [5.41, 5.74) is 3.49. The molecule has 0 saturated heterocycles. The number of benzene rings is 4. The summed E-state index contributed by atoms with van der Waals surface area (Å²) in [4.78, 5) is 0. The van der Waals surface area contributed by atoms with Gasteiger partial charge in [-0.15, -0.1) is 6.58 Å². The molecule has 0 atom stereocenters. The lowest BCUT2D eigenvalue weighted by Gasteiger charge is -2.10. The average Bonchev–Trinajstić information content (AvgIpc) is 2.85. The maximum Gasteiger partial charge on any atom is 0.145 e. The van der Waals surface area contributed by atoms with Crippen LogP contribution in [0.2, 0.25) is 5.02 Å². The summed E-state index contributed by atoms with van der Waals surface area (Å²) >= 11 is 5.53. The summed E-state index contributed by atoms with van der Waals surface area (Å²) in [7, 11) is 0. The van der Waals surface area contributed by atoms with Crippen molar-refractivity contribution in [2.75, 3.05) is 0 Å². The number of hydrogen-bond acceptors (Lipinski definition) is 0. The minimum atomic E-state index is -0.823. The first kappa shape index (κ1) is 25.0. The summed E-state index contributed by atoms with van der Waals surface area (Å²) in [5.74, 6) is -2.19. The lowest BCUT2D eigenvalue weighted by molar-refractivity contribution is 0.579. The van der Waals surface area contributed by atoms with E-state index in [0.29, 0.717) is 41.3 Å². The molecule has 0 saturated carbocycles. The fourth-order valence-corrected chi connectivity index (χ4v) is 4.37. The normalized spacial score (nSPS) is 11.2. The van der Waals surface area contributed by atoms with Gasteiger partial charge in [0.05, 0.1) is 0 Å². The molecule has 0 amide bonds. The third-order valence-electron chi connectivity index (χ3n) is 6.26. The molecule has 4 rings (SSSR count). The van der Waals surface area contributed by atoms with Crippen LogP contribution in [0, 0.1) is 23.3 Å². The fraction of sp³-hybridized carbons (Fsp3) is 0.200. The van der Waals surface area contributed by atoms with Crippen molar-refractivity contribution < 1.29 is 17.6 Å². The van der Waals surface area contributed by atoms with Crippen LogP contribution in [0.25, 0.3) is 10.8 Å². The largest absolute Gasteiger partial charge is 0.207 e. The lowest BCUT2D eigenvalue weighted by Crippen LogP contribution is -1.99. The Morgan fingerprint density at radius 1 is 0.629 bits per heavy atom. The standard InChI is InChI=1S/C30H25ClF4/c1-2-3-4-19-5-9-22(26(32)16-19)10-6-20-8-14-25-24(15-20)13-12-23(30(25)35)11-7-21-17-27(33)29(31)28(34)18-21/h2,5,8-9,12-18H,1,3-4,6-7,10-11H2. The molecule has 0 heterocycles. The minimum Gasteiger partial charge on any atom is -0.207 e. The van der Waals surface area contributed by atoms with Gasteiger partial charge >= 0.3 is 0 Å². The van der Waals surface area contributed by atoms with Gasteiger partial charge in [-0.25, -0.2) is 17.6 Å². The van der Waals surface area contributed by atoms with E-state index in [-0.39, 0.29) is 18.1 Å². The van der Waals surface area contributed by atoms with Crippen LogP contribution >= 0.6 is 11.6 Å². The van der Waals surface area contributed by atoms with Crippen molar-refractivity contribution in [1.29, 1.82) is 0 Å². The molecular weight excluding hydrogens is 472 g/mol. The first-order valence-electron chi connectivity index (χ1n) is 11.6. The van der Waals surface area contributed by atoms with E-state index in [0.717, 1.165) is 29.4 Å². The molecule has 0 unspecified atom stereocenters. The molecule has 0 aromatic heterocycles. The molecule has 0 nitrogen and oxygen atoms in total. The molecule has 0 aliphatic heterocycles. The second kappa shape index (κ2) is 11.1. The number of halogens is 5. The Balaban J connectivity index is 1.44. The summed E-state index contributed by atoms with van der Waals surface area (Å²) in [6.07, 6.45) is 5.16. The maximum atomic E-state index is 15.1. The Labute approximate surface area is 207 Å². The maximum absolute atomic E-state index is 15.1. The van der Waals surface area contributed by atoms with Gasteiger partial charge in [0, 0.05) is 5.39 Å². The van der Waals surface area contributed by atoms with Gasteiger partial charge in [-0.3, -0.25) is 0 Å². The van der Waals surface area contributed by atoms with Crippen molar-refractivity contribution in [3.63, 3.8) is 0 Å². The van der Waals surface area contributed by atoms with E-state index in [2.05, 4.69) is 6.58 Å². The summed E-state index contributed by atoms with van der Waals surface area (Å²) in [5, 5.41) is 0.703. The molecule has 35 heavy (non-hydrogen) atoms. The Kier molecular flexibility index (Phi) is 7.92. The van der Waals surface area contributed by atoms with Crippen molar-refractivity contribution in [1.82, 2.24) is 0 Å². The number of rotatable bonds is 9. The molecule has 0 bridgehead atoms. The molecule has 0 fully saturated rings. The zero-order valence-corrected chi connectivity index (χ0v) is 19.9. The van der Waals surface area contributed by atoms with E-state index < -0.39 is 16.7 Å². The molecular formula is C30H25ClF4. The Morgan fingerprint density at radius 2 is 1.23 bits per heavy atom. The van der Waals surface area contributed by atoms with Gasteiger partial charge in [-0.05, 0) is 89.9 Å². The van der Waals surface area contributed by atoms with Gasteiger partial charge in [0.25, 0.3) is 0 Å². The summed E-state index contributed by atoms with van der Waals surface area (Å²) in [6, 6.07) is 16.8. The summed E-state index contributed by atoms with van der Waals surface area (Å²) in [6.45, 7) is 3.69. The van der Waals surface area contributed by atoms with E-state index in [1.165, 1.54) is 12.1 Å². The molecule has 0 aliphatic rings. The number of hydrogen-bond donors (Lipinski definition) is 0. The van der Waals surface area contributed by atoms with Crippen LogP contribution in [0.5, 0.6) is 0 Å². The molecule has 5 heteroatoms. The van der Waals surface area contributed by atoms with Crippen molar-refractivity contribution >= 4 is 22.4 Å². The highest BCUT2D eigenvalue weighted by Crippen LogP contribution is 2.26. The highest BCUT2D eigenvalue weighted by Gasteiger charge is 2.12. The van der Waals surface area contributed by atoms with Crippen molar-refractivity contribution in [3.8, 4) is 0 Å². The van der Waals surface area contributed by atoms with E-state index in [1.54, 1.807) is 18.2 Å². The lowest BCUT2D eigenvalue weighted by atomic mass is 9.97. The van der Waals surface area contributed by atoms with Gasteiger partial charge < -0.3 is 0 Å². The second-order valence-corrected chi connectivity index (χ2v) is 9.10. The SMILES string of the molecule is C=CCCc1ccc(CCc2ccc3c(F)c(CCc4cc(F)c(Cl)c(F)c4)ccc3c2)c(F)c1. The van der Waals surface area contributed by atoms with Crippen molar-refractivity contribution in [2.45, 2.75) is 38.5 Å². The van der Waals surface area contributed by atoms with E-state index in [1.807, 2.05) is 36.4 Å². The molecule has 0 aliphatic carbocycles. The Morgan fingerprint density at radius 3 is 1.94 bits per heavy atom. The first-order chi connectivity index (χ1) is 16.9. The zero-order valence-electron chi connectivity index (χ0n) is 19.2. The van der Waals surface area contributed by atoms with Crippen LogP contribution in [-0.4, -0.2) is 0 Å². The molecule has 180 valence electrons. The van der Waals surface area contributed by atoms with Crippen LogP contribution in [0.1, 0.15) is 34.2 Å². The van der Waals surface area contributed by atoms with Crippen LogP contribution < -0.4 is 0 Å². The third kappa shape index (κ3) is 5.94. The topological polar surface area (TPSA) is 0 Å². The van der Waals surface area contributed by atoms with Crippen LogP contribution in [-0.2, 0) is 32.1 Å². The average molecular weight is 497 g/mol. The van der Waals surface area contributed by atoms with Crippen LogP contribution in [0.15, 0.2) is 73.3 Å². The smallest absolute Gasteiger partial charge is 0.145 e. The minimum absolute atomic E-state index is 0.205. The van der Waals surface area contributed by atoms with Gasteiger partial charge in [0.2, 0.25) is 0 Å². The quantitative estimate of drug-likeness (QED) is 0.123. The van der Waals surface area contributed by atoms with Gasteiger partial charge in [0.1, 0.15) is 28.3 Å². The van der Waals surface area contributed by atoms with Gasteiger partial charge in [-0.2, -0.15) is 0 Å². The molecule has 0 N–H and O–H groups in total. The highest BCUT2D eigenvalue weighted by molar-refractivity contribution is 6.30. The van der Waals surface area contributed by atoms with Gasteiger partial charge in [-0.1, -0.05) is 60.1 Å². The Hall–Kier alpha value is -3.11. The zero-order chi connectivity index (χ0) is 24.9. The highest BCUT2D eigenvalue weighted by atomic mass is 35.5. The predicted molar refractivity (Wildman–Crippen MR) is 135 cm³/mol. The van der Waals surface area contributed by atoms with Crippen LogP contribution in [0.3, 0.4) is 0 Å². The monoisotopic (exact) mass is 496 g/mol. The predicted octanol–water partition coefficient (Wildman–Crippen LogP) is 8.74. The number of aryl methyl sites for hydroxylation is 5. The second-order valence-electron chi connectivity index (χ2n) is 8.72. The summed E-state index contributed by atoms with van der Waals surface area (Å²) < 4.78 is 57.0.